The number of rotatable bonds is 5. The molecule has 0 aliphatic rings. The van der Waals surface area contributed by atoms with Gasteiger partial charge in [0.15, 0.2) is 0 Å². The fourth-order valence-electron chi connectivity index (χ4n) is 0.443. The molecule has 0 fully saturated rings. The lowest BCUT2D eigenvalue weighted by Crippen LogP contribution is -1.90. The molecule has 0 saturated carbocycles. The zero-order chi connectivity index (χ0) is 7.66. The van der Waals surface area contributed by atoms with E-state index < -0.39 is 0 Å². The Bertz CT molecular complexity index is 106. The Balaban J connectivity index is 2.97. The van der Waals surface area contributed by atoms with E-state index in [-0.39, 0.29) is 6.61 Å². The third-order valence-electron chi connectivity index (χ3n) is 0.936. The van der Waals surface area contributed by atoms with Gasteiger partial charge < -0.3 is 9.84 Å². The van der Waals surface area contributed by atoms with Crippen LogP contribution >= 0.6 is 0 Å². The van der Waals surface area contributed by atoms with E-state index in [0.717, 1.165) is 0 Å². The summed E-state index contributed by atoms with van der Waals surface area (Å²) in [5, 5.41) is 8.31. The summed E-state index contributed by atoms with van der Waals surface area (Å²) in [6.07, 6.45) is 7.34. The maximum absolute atomic E-state index is 8.31. The first-order valence-electron chi connectivity index (χ1n) is 3.36. The van der Waals surface area contributed by atoms with Gasteiger partial charge in [0.05, 0.1) is 19.8 Å². The minimum absolute atomic E-state index is 0.0903. The molecule has 0 aliphatic carbocycles. The predicted molar refractivity (Wildman–Crippen MR) is 41.9 cm³/mol. The molecule has 58 valence electrons. The molecule has 2 nitrogen and oxygen atoms in total. The van der Waals surface area contributed by atoms with Crippen LogP contribution in [0.25, 0.3) is 0 Å². The minimum Gasteiger partial charge on any atom is -0.392 e. The molecule has 0 aromatic rings. The monoisotopic (exact) mass is 142 g/mol. The second-order valence-corrected chi connectivity index (χ2v) is 1.76. The summed E-state index contributed by atoms with van der Waals surface area (Å²) >= 11 is 0. The van der Waals surface area contributed by atoms with Crippen molar-refractivity contribution in [3.05, 3.63) is 24.3 Å². The molecule has 0 unspecified atom stereocenters. The molecule has 0 bridgehead atoms. The number of aliphatic hydroxyl groups is 1. The Hall–Kier alpha value is -0.600. The predicted octanol–water partition coefficient (Wildman–Crippen LogP) is 1.13. The van der Waals surface area contributed by atoms with Crippen molar-refractivity contribution in [1.29, 1.82) is 0 Å². The van der Waals surface area contributed by atoms with Crippen molar-refractivity contribution in [2.24, 2.45) is 0 Å². The zero-order valence-electron chi connectivity index (χ0n) is 6.29. The van der Waals surface area contributed by atoms with Gasteiger partial charge in [-0.2, -0.15) is 0 Å². The molecule has 0 atom stereocenters. The highest BCUT2D eigenvalue weighted by Gasteiger charge is 1.75. The van der Waals surface area contributed by atoms with Crippen LogP contribution in [0.5, 0.6) is 0 Å². The largest absolute Gasteiger partial charge is 0.392 e. The van der Waals surface area contributed by atoms with Crippen molar-refractivity contribution in [1.82, 2.24) is 0 Å². The average molecular weight is 142 g/mol. The Morgan fingerprint density at radius 3 is 2.50 bits per heavy atom. The first kappa shape index (κ1) is 9.40. The maximum atomic E-state index is 8.31. The molecule has 0 aliphatic heterocycles. The van der Waals surface area contributed by atoms with E-state index in [1.165, 1.54) is 0 Å². The lowest BCUT2D eigenvalue weighted by molar-refractivity contribution is 0.193. The summed E-state index contributed by atoms with van der Waals surface area (Å²) in [6.45, 7) is 3.26. The van der Waals surface area contributed by atoms with E-state index in [1.807, 2.05) is 19.1 Å². The van der Waals surface area contributed by atoms with Crippen LogP contribution in [0.15, 0.2) is 24.3 Å². The Kier molecular flexibility index (Phi) is 7.90. The molecule has 0 radical (unpaired) electrons. The van der Waals surface area contributed by atoms with Crippen molar-refractivity contribution in [2.45, 2.75) is 6.92 Å². The van der Waals surface area contributed by atoms with Crippen molar-refractivity contribution in [3.8, 4) is 0 Å². The molecule has 0 aromatic carbocycles. The average Bonchev–Trinajstić information content (AvgIpc) is 1.97. The first-order chi connectivity index (χ1) is 4.91. The lowest BCUT2D eigenvalue weighted by atomic mass is 10.5. The van der Waals surface area contributed by atoms with Crippen LogP contribution in [-0.4, -0.2) is 24.9 Å². The SMILES string of the molecule is C/C=C/COC/C=C\CO. The second kappa shape index (κ2) is 8.40. The normalized spacial score (nSPS) is 11.8. The van der Waals surface area contributed by atoms with Crippen LogP contribution in [0.1, 0.15) is 6.92 Å². The first-order valence-corrected chi connectivity index (χ1v) is 3.36. The molecule has 0 rings (SSSR count). The van der Waals surface area contributed by atoms with Crippen LogP contribution in [0.3, 0.4) is 0 Å². The van der Waals surface area contributed by atoms with E-state index in [9.17, 15) is 0 Å². The highest BCUT2D eigenvalue weighted by molar-refractivity contribution is 4.81. The molecule has 0 aromatic heterocycles. The third-order valence-corrected chi connectivity index (χ3v) is 0.936. The van der Waals surface area contributed by atoms with E-state index in [0.29, 0.717) is 13.2 Å². The Labute approximate surface area is 61.8 Å². The van der Waals surface area contributed by atoms with Crippen molar-refractivity contribution >= 4 is 0 Å². The summed E-state index contributed by atoms with van der Waals surface area (Å²) in [4.78, 5) is 0. The zero-order valence-corrected chi connectivity index (χ0v) is 6.29. The molecule has 0 heterocycles. The highest BCUT2D eigenvalue weighted by Crippen LogP contribution is 1.78. The summed E-state index contributed by atoms with van der Waals surface area (Å²) in [6, 6.07) is 0. The van der Waals surface area contributed by atoms with Crippen molar-refractivity contribution in [2.75, 3.05) is 19.8 Å². The standard InChI is InChI=1S/C8H14O2/c1-2-3-7-10-8-5-4-6-9/h2-5,9H,6-8H2,1H3/b3-2+,5-4-. The fourth-order valence-corrected chi connectivity index (χ4v) is 0.443. The highest BCUT2D eigenvalue weighted by atomic mass is 16.5. The molecule has 0 saturated heterocycles. The molecule has 0 amide bonds. The van der Waals surface area contributed by atoms with Gasteiger partial charge in [0.25, 0.3) is 0 Å². The number of ether oxygens (including phenoxy) is 1. The third kappa shape index (κ3) is 7.40. The Morgan fingerprint density at radius 1 is 1.20 bits per heavy atom. The van der Waals surface area contributed by atoms with Crippen LogP contribution in [0, 0.1) is 0 Å². The lowest BCUT2D eigenvalue weighted by Gasteiger charge is -1.92. The molecule has 10 heavy (non-hydrogen) atoms. The summed E-state index contributed by atoms with van der Waals surface area (Å²) in [5.74, 6) is 0. The maximum Gasteiger partial charge on any atom is 0.0652 e. The van der Waals surface area contributed by atoms with Crippen molar-refractivity contribution in [3.63, 3.8) is 0 Å². The van der Waals surface area contributed by atoms with Gasteiger partial charge in [-0.25, -0.2) is 0 Å². The summed E-state index contributed by atoms with van der Waals surface area (Å²) in [7, 11) is 0. The van der Waals surface area contributed by atoms with E-state index in [1.54, 1.807) is 12.2 Å². The van der Waals surface area contributed by atoms with Crippen LogP contribution < -0.4 is 0 Å². The van der Waals surface area contributed by atoms with Gasteiger partial charge in [-0.3, -0.25) is 0 Å². The van der Waals surface area contributed by atoms with E-state index >= 15 is 0 Å². The van der Waals surface area contributed by atoms with Gasteiger partial charge in [-0.05, 0) is 6.92 Å². The summed E-state index contributed by atoms with van der Waals surface area (Å²) in [5.41, 5.74) is 0. The number of allylic oxidation sites excluding steroid dienone is 1. The van der Waals surface area contributed by atoms with Crippen LogP contribution in [-0.2, 0) is 4.74 Å². The van der Waals surface area contributed by atoms with Gasteiger partial charge in [0, 0.05) is 0 Å². The van der Waals surface area contributed by atoms with Gasteiger partial charge in [0.2, 0.25) is 0 Å². The molecular weight excluding hydrogens is 128 g/mol. The quantitative estimate of drug-likeness (QED) is 0.460. The minimum atomic E-state index is 0.0903. The molecule has 0 spiro atoms. The molecule has 2 heteroatoms. The van der Waals surface area contributed by atoms with Crippen LogP contribution in [0.4, 0.5) is 0 Å². The van der Waals surface area contributed by atoms with Crippen molar-refractivity contribution < 1.29 is 9.84 Å². The Morgan fingerprint density at radius 2 is 1.90 bits per heavy atom. The molecular formula is C8H14O2. The van der Waals surface area contributed by atoms with Crippen LogP contribution in [0.2, 0.25) is 0 Å². The number of aliphatic hydroxyl groups excluding tert-OH is 1. The topological polar surface area (TPSA) is 29.5 Å². The van der Waals surface area contributed by atoms with Gasteiger partial charge >= 0.3 is 0 Å². The van der Waals surface area contributed by atoms with Gasteiger partial charge in [-0.15, -0.1) is 0 Å². The summed E-state index contributed by atoms with van der Waals surface area (Å²) < 4.78 is 5.09. The van der Waals surface area contributed by atoms with E-state index in [4.69, 9.17) is 9.84 Å². The van der Waals surface area contributed by atoms with Gasteiger partial charge in [-0.1, -0.05) is 24.3 Å². The van der Waals surface area contributed by atoms with Gasteiger partial charge in [0.1, 0.15) is 0 Å². The fraction of sp³-hybridized carbons (Fsp3) is 0.500. The number of hydrogen-bond donors (Lipinski definition) is 1. The number of hydrogen-bond acceptors (Lipinski definition) is 2. The second-order valence-electron chi connectivity index (χ2n) is 1.76. The smallest absolute Gasteiger partial charge is 0.0652 e. The molecule has 1 N–H and O–H groups in total. The van der Waals surface area contributed by atoms with E-state index in [2.05, 4.69) is 0 Å².